The Morgan fingerprint density at radius 3 is 2.90 bits per heavy atom. The molecule has 1 aliphatic rings. The number of likely N-dealkylation sites (tertiary alicyclic amines) is 1. The third kappa shape index (κ3) is 3.18. The molecular weight excluding hydrogens is 256 g/mol. The highest BCUT2D eigenvalue weighted by Crippen LogP contribution is 2.26. The van der Waals surface area contributed by atoms with Gasteiger partial charge in [0, 0.05) is 37.3 Å². The number of carbonyl (C=O) groups excluding carboxylic acids is 2. The van der Waals surface area contributed by atoms with Gasteiger partial charge in [-0.15, -0.1) is 0 Å². The predicted molar refractivity (Wildman–Crippen MR) is 74.8 cm³/mol. The van der Waals surface area contributed by atoms with Crippen molar-refractivity contribution in [1.29, 1.82) is 0 Å². The minimum Gasteiger partial charge on any atom is -0.368 e. The molecule has 2 amide bonds. The molecule has 0 aromatic carbocycles. The Bertz CT molecular complexity index is 495. The lowest BCUT2D eigenvalue weighted by Gasteiger charge is -2.33. The van der Waals surface area contributed by atoms with Crippen LogP contribution >= 0.6 is 0 Å². The zero-order chi connectivity index (χ0) is 14.7. The van der Waals surface area contributed by atoms with Gasteiger partial charge in [0.25, 0.3) is 0 Å². The second-order valence-corrected chi connectivity index (χ2v) is 5.66. The maximum atomic E-state index is 12.1. The summed E-state index contributed by atoms with van der Waals surface area (Å²) < 4.78 is 1.79. The topological polar surface area (TPSA) is 81.2 Å². The Kier molecular flexibility index (Phi) is 4.42. The van der Waals surface area contributed by atoms with Crippen LogP contribution in [0.15, 0.2) is 12.4 Å². The molecule has 20 heavy (non-hydrogen) atoms. The normalized spacial score (nSPS) is 19.4. The van der Waals surface area contributed by atoms with Crippen LogP contribution in [-0.4, -0.2) is 39.4 Å². The molecule has 0 bridgehead atoms. The van der Waals surface area contributed by atoms with Gasteiger partial charge in [0.05, 0.1) is 0 Å². The quantitative estimate of drug-likeness (QED) is 0.881. The first-order valence-corrected chi connectivity index (χ1v) is 7.07. The van der Waals surface area contributed by atoms with Crippen molar-refractivity contribution in [2.75, 3.05) is 13.1 Å². The van der Waals surface area contributed by atoms with Gasteiger partial charge in [0.2, 0.25) is 11.8 Å². The lowest BCUT2D eigenvalue weighted by molar-refractivity contribution is -0.135. The smallest absolute Gasteiger partial charge is 0.237 e. The van der Waals surface area contributed by atoms with Gasteiger partial charge >= 0.3 is 0 Å². The van der Waals surface area contributed by atoms with Crippen LogP contribution < -0.4 is 5.73 Å². The standard InChI is InChI=1S/C14H22N4O2/c1-10(2)14(20)18-6-3-4-11(8-18)13-16-5-7-17(13)9-12(15)19/h5,7,10-11H,3-4,6,8-9H2,1-2H3,(H2,15,19)/t11-/m1/s1. The number of hydrogen-bond donors (Lipinski definition) is 1. The van der Waals surface area contributed by atoms with Gasteiger partial charge in [-0.05, 0) is 12.8 Å². The molecule has 0 saturated carbocycles. The van der Waals surface area contributed by atoms with Gasteiger partial charge < -0.3 is 15.2 Å². The molecule has 0 radical (unpaired) electrons. The molecule has 1 saturated heterocycles. The first kappa shape index (κ1) is 14.6. The van der Waals surface area contributed by atoms with Crippen LogP contribution in [0.5, 0.6) is 0 Å². The molecule has 0 aliphatic carbocycles. The van der Waals surface area contributed by atoms with Gasteiger partial charge in [-0.1, -0.05) is 13.8 Å². The van der Waals surface area contributed by atoms with Crippen molar-refractivity contribution >= 4 is 11.8 Å². The number of nitrogens with zero attached hydrogens (tertiary/aromatic N) is 3. The zero-order valence-corrected chi connectivity index (χ0v) is 12.1. The summed E-state index contributed by atoms with van der Waals surface area (Å²) in [5, 5.41) is 0. The number of carbonyl (C=O) groups is 2. The van der Waals surface area contributed by atoms with Crippen LogP contribution in [0.1, 0.15) is 38.4 Å². The second-order valence-electron chi connectivity index (χ2n) is 5.66. The van der Waals surface area contributed by atoms with E-state index in [1.165, 1.54) is 0 Å². The Morgan fingerprint density at radius 1 is 1.50 bits per heavy atom. The lowest BCUT2D eigenvalue weighted by Crippen LogP contribution is -2.41. The highest BCUT2D eigenvalue weighted by molar-refractivity contribution is 5.78. The molecule has 2 N–H and O–H groups in total. The van der Waals surface area contributed by atoms with E-state index in [-0.39, 0.29) is 30.2 Å². The van der Waals surface area contributed by atoms with Gasteiger partial charge in [-0.25, -0.2) is 4.98 Å². The van der Waals surface area contributed by atoms with E-state index in [1.54, 1.807) is 17.0 Å². The third-order valence-electron chi connectivity index (χ3n) is 3.67. The molecular formula is C14H22N4O2. The van der Waals surface area contributed by atoms with Crippen LogP contribution in [0.3, 0.4) is 0 Å². The van der Waals surface area contributed by atoms with Crippen LogP contribution in [0.25, 0.3) is 0 Å². The Labute approximate surface area is 119 Å². The van der Waals surface area contributed by atoms with Crippen molar-refractivity contribution in [1.82, 2.24) is 14.5 Å². The molecule has 1 aromatic rings. The van der Waals surface area contributed by atoms with E-state index in [9.17, 15) is 9.59 Å². The fourth-order valence-corrected chi connectivity index (χ4v) is 2.74. The van der Waals surface area contributed by atoms with Gasteiger partial charge in [-0.3, -0.25) is 9.59 Å². The summed E-state index contributed by atoms with van der Waals surface area (Å²) >= 11 is 0. The molecule has 2 rings (SSSR count). The fourth-order valence-electron chi connectivity index (χ4n) is 2.74. The maximum absolute atomic E-state index is 12.1. The Morgan fingerprint density at radius 2 is 2.25 bits per heavy atom. The van der Waals surface area contributed by atoms with E-state index in [0.29, 0.717) is 6.54 Å². The summed E-state index contributed by atoms with van der Waals surface area (Å²) in [6.07, 6.45) is 5.40. The molecule has 0 spiro atoms. The first-order chi connectivity index (χ1) is 9.49. The number of primary amides is 1. The maximum Gasteiger partial charge on any atom is 0.237 e. The molecule has 110 valence electrons. The van der Waals surface area contributed by atoms with Crippen molar-refractivity contribution in [2.24, 2.45) is 11.7 Å². The van der Waals surface area contributed by atoms with E-state index < -0.39 is 0 Å². The molecule has 1 aliphatic heterocycles. The number of aromatic nitrogens is 2. The molecule has 1 atom stereocenters. The van der Waals surface area contributed by atoms with Crippen LogP contribution in [0, 0.1) is 5.92 Å². The molecule has 6 nitrogen and oxygen atoms in total. The highest BCUT2D eigenvalue weighted by Gasteiger charge is 2.28. The SMILES string of the molecule is CC(C)C(=O)N1CCC[C@@H](c2nccn2CC(N)=O)C1. The first-order valence-electron chi connectivity index (χ1n) is 7.07. The summed E-state index contributed by atoms with van der Waals surface area (Å²) in [7, 11) is 0. The molecule has 6 heteroatoms. The van der Waals surface area contributed by atoms with E-state index in [2.05, 4.69) is 4.98 Å². The second kappa shape index (κ2) is 6.07. The summed E-state index contributed by atoms with van der Waals surface area (Å²) in [5.74, 6) is 0.850. The summed E-state index contributed by atoms with van der Waals surface area (Å²) in [4.78, 5) is 29.4. The summed E-state index contributed by atoms with van der Waals surface area (Å²) in [5.41, 5.74) is 5.25. The van der Waals surface area contributed by atoms with Crippen LogP contribution in [0.2, 0.25) is 0 Å². The Hall–Kier alpha value is -1.85. The van der Waals surface area contributed by atoms with E-state index in [1.807, 2.05) is 18.7 Å². The fraction of sp³-hybridized carbons (Fsp3) is 0.643. The van der Waals surface area contributed by atoms with Crippen molar-refractivity contribution in [2.45, 2.75) is 39.2 Å². The number of hydrogen-bond acceptors (Lipinski definition) is 3. The number of amides is 2. The minimum absolute atomic E-state index is 0.0131. The number of rotatable bonds is 4. The van der Waals surface area contributed by atoms with Crippen molar-refractivity contribution < 1.29 is 9.59 Å². The van der Waals surface area contributed by atoms with Gasteiger partial charge in [0.1, 0.15) is 12.4 Å². The number of piperidine rings is 1. The van der Waals surface area contributed by atoms with E-state index in [0.717, 1.165) is 25.2 Å². The summed E-state index contributed by atoms with van der Waals surface area (Å²) in [6, 6.07) is 0. The van der Waals surface area contributed by atoms with Gasteiger partial charge in [0.15, 0.2) is 0 Å². The highest BCUT2D eigenvalue weighted by atomic mass is 16.2. The van der Waals surface area contributed by atoms with Crippen LogP contribution in [-0.2, 0) is 16.1 Å². The Balaban J connectivity index is 2.11. The summed E-state index contributed by atoms with van der Waals surface area (Å²) in [6.45, 7) is 5.46. The van der Waals surface area contributed by atoms with Crippen molar-refractivity contribution in [3.8, 4) is 0 Å². The number of nitrogens with two attached hydrogens (primary N) is 1. The third-order valence-corrected chi connectivity index (χ3v) is 3.67. The molecule has 0 unspecified atom stereocenters. The van der Waals surface area contributed by atoms with Gasteiger partial charge in [-0.2, -0.15) is 0 Å². The van der Waals surface area contributed by atoms with Crippen LogP contribution in [0.4, 0.5) is 0 Å². The average Bonchev–Trinajstić information content (AvgIpc) is 2.85. The zero-order valence-electron chi connectivity index (χ0n) is 12.1. The van der Waals surface area contributed by atoms with Crippen molar-refractivity contribution in [3.63, 3.8) is 0 Å². The largest absolute Gasteiger partial charge is 0.368 e. The average molecular weight is 278 g/mol. The predicted octanol–water partition coefficient (Wildman–Crippen LogP) is 0.730. The van der Waals surface area contributed by atoms with Crippen molar-refractivity contribution in [3.05, 3.63) is 18.2 Å². The lowest BCUT2D eigenvalue weighted by atomic mass is 9.96. The molecule has 2 heterocycles. The molecule has 1 aromatic heterocycles. The number of imidazole rings is 1. The monoisotopic (exact) mass is 278 g/mol. The minimum atomic E-state index is -0.379. The van der Waals surface area contributed by atoms with E-state index >= 15 is 0 Å². The van der Waals surface area contributed by atoms with E-state index in [4.69, 9.17) is 5.73 Å². The molecule has 1 fully saturated rings.